The molecule has 2 heteroatoms. The van der Waals surface area contributed by atoms with Gasteiger partial charge in [-0.1, -0.05) is 55.0 Å². The van der Waals surface area contributed by atoms with Crippen LogP contribution < -0.4 is 0 Å². The molecule has 1 nitrogen and oxygen atoms in total. The third kappa shape index (κ3) is 3.90. The molecular weight excluding hydrogens is 320 g/mol. The summed E-state index contributed by atoms with van der Waals surface area (Å²) < 4.78 is 0. The van der Waals surface area contributed by atoms with Gasteiger partial charge in [0.2, 0.25) is 0 Å². The van der Waals surface area contributed by atoms with E-state index >= 15 is 0 Å². The van der Waals surface area contributed by atoms with Crippen molar-refractivity contribution in [1.82, 2.24) is 0 Å². The van der Waals surface area contributed by atoms with Crippen LogP contribution in [-0.4, -0.2) is 13.2 Å². The molecule has 25 heavy (non-hydrogen) atoms. The highest BCUT2D eigenvalue weighted by Gasteiger charge is 2.28. The fourth-order valence-corrected chi connectivity index (χ4v) is 4.89. The predicted octanol–water partition coefficient (Wildman–Crippen LogP) is 6.73. The van der Waals surface area contributed by atoms with Crippen molar-refractivity contribution in [1.29, 1.82) is 0 Å². The zero-order valence-electron chi connectivity index (χ0n) is 17.3. The number of hydrogen-bond acceptors (Lipinski definition) is 1. The van der Waals surface area contributed by atoms with Gasteiger partial charge in [-0.2, -0.15) is 0 Å². The Balaban J connectivity index is 2.98. The quantitative estimate of drug-likeness (QED) is 0.479. The van der Waals surface area contributed by atoms with E-state index in [4.69, 9.17) is 0 Å². The van der Waals surface area contributed by atoms with Gasteiger partial charge in [0, 0.05) is 5.57 Å². The van der Waals surface area contributed by atoms with Crippen LogP contribution in [-0.2, 0) is 0 Å². The molecule has 0 amide bonds. The number of benzene rings is 2. The first-order valence-electron chi connectivity index (χ1n) is 9.03. The van der Waals surface area contributed by atoms with Crippen LogP contribution in [0.5, 0.6) is 0 Å². The summed E-state index contributed by atoms with van der Waals surface area (Å²) in [5, 5.41) is 11.9. The summed E-state index contributed by atoms with van der Waals surface area (Å²) in [6, 6.07) is 8.88. The SMILES string of the molecule is Cc1cc(C)c(C(=C(O)[Si](C)(C)C)c2c(C)cc(C)cc2C)c(C)c1. The minimum atomic E-state index is -1.87. The summed E-state index contributed by atoms with van der Waals surface area (Å²) in [4.78, 5) is 0. The van der Waals surface area contributed by atoms with E-state index in [-0.39, 0.29) is 0 Å². The molecule has 0 radical (unpaired) electrons. The van der Waals surface area contributed by atoms with Crippen LogP contribution in [0.25, 0.3) is 5.57 Å². The molecule has 0 saturated heterocycles. The second-order valence-electron chi connectivity index (χ2n) is 8.52. The average Bonchev–Trinajstić information content (AvgIpc) is 2.41. The maximum absolute atomic E-state index is 11.3. The lowest BCUT2D eigenvalue weighted by atomic mass is 9.86. The van der Waals surface area contributed by atoms with Crippen molar-refractivity contribution in [2.75, 3.05) is 0 Å². The number of rotatable bonds is 3. The normalized spacial score (nSPS) is 11.6. The minimum Gasteiger partial charge on any atom is -0.517 e. The largest absolute Gasteiger partial charge is 0.517 e. The summed E-state index contributed by atoms with van der Waals surface area (Å²) in [6.45, 7) is 19.5. The van der Waals surface area contributed by atoms with Gasteiger partial charge in [-0.3, -0.25) is 0 Å². The zero-order chi connectivity index (χ0) is 19.1. The van der Waals surface area contributed by atoms with Gasteiger partial charge in [-0.25, -0.2) is 0 Å². The Morgan fingerprint density at radius 3 is 1.16 bits per heavy atom. The summed E-state index contributed by atoms with van der Waals surface area (Å²) in [6.07, 6.45) is 0. The first-order valence-corrected chi connectivity index (χ1v) is 12.5. The zero-order valence-corrected chi connectivity index (χ0v) is 18.3. The van der Waals surface area contributed by atoms with Crippen LogP contribution in [0.1, 0.15) is 44.5 Å². The first kappa shape index (κ1) is 19.5. The van der Waals surface area contributed by atoms with Gasteiger partial charge in [-0.05, 0) is 74.9 Å². The van der Waals surface area contributed by atoms with Crippen LogP contribution in [0, 0.1) is 41.5 Å². The van der Waals surface area contributed by atoms with Crippen LogP contribution in [0.4, 0.5) is 0 Å². The summed E-state index contributed by atoms with van der Waals surface area (Å²) in [5.74, 6) is 0. The van der Waals surface area contributed by atoms with E-state index in [1.165, 1.54) is 44.5 Å². The predicted molar refractivity (Wildman–Crippen MR) is 113 cm³/mol. The monoisotopic (exact) mass is 352 g/mol. The van der Waals surface area contributed by atoms with Gasteiger partial charge in [0.15, 0.2) is 0 Å². The van der Waals surface area contributed by atoms with E-state index in [0.717, 1.165) is 5.57 Å². The molecule has 0 aliphatic rings. The molecule has 0 spiro atoms. The van der Waals surface area contributed by atoms with Gasteiger partial charge >= 0.3 is 0 Å². The Bertz CT molecular complexity index is 745. The molecule has 2 aromatic rings. The van der Waals surface area contributed by atoms with Gasteiger partial charge in [-0.15, -0.1) is 0 Å². The Morgan fingerprint density at radius 2 is 0.920 bits per heavy atom. The van der Waals surface area contributed by atoms with Crippen LogP contribution >= 0.6 is 0 Å². The molecule has 2 aromatic carbocycles. The first-order chi connectivity index (χ1) is 11.4. The fourth-order valence-electron chi connectivity index (χ4n) is 3.89. The van der Waals surface area contributed by atoms with Gasteiger partial charge in [0.05, 0.1) is 5.38 Å². The Hall–Kier alpha value is -1.80. The molecule has 0 saturated carbocycles. The highest BCUT2D eigenvalue weighted by Crippen LogP contribution is 2.38. The highest BCUT2D eigenvalue weighted by atomic mass is 28.3. The van der Waals surface area contributed by atoms with E-state index in [1.54, 1.807) is 0 Å². The van der Waals surface area contributed by atoms with E-state index in [0.29, 0.717) is 5.38 Å². The number of aliphatic hydroxyl groups is 1. The topological polar surface area (TPSA) is 20.2 Å². The standard InChI is InChI=1S/C23H32OSi/c1-14-10-16(3)20(17(4)11-14)22(23(24)25(7,8)9)21-18(5)12-15(2)13-19(21)6/h10-13,24H,1-9H3. The van der Waals surface area contributed by atoms with E-state index in [9.17, 15) is 5.11 Å². The summed E-state index contributed by atoms with van der Waals surface area (Å²) >= 11 is 0. The summed E-state index contributed by atoms with van der Waals surface area (Å²) in [7, 11) is -1.87. The Morgan fingerprint density at radius 1 is 0.640 bits per heavy atom. The minimum absolute atomic E-state index is 0.595. The summed E-state index contributed by atoms with van der Waals surface area (Å²) in [5.41, 5.74) is 10.9. The molecule has 0 heterocycles. The number of aryl methyl sites for hydroxylation is 6. The second kappa shape index (κ2) is 6.84. The number of hydrogen-bond donors (Lipinski definition) is 1. The van der Waals surface area contributed by atoms with Crippen molar-refractivity contribution in [2.45, 2.75) is 61.2 Å². The highest BCUT2D eigenvalue weighted by molar-refractivity contribution is 6.83. The van der Waals surface area contributed by atoms with E-state index in [1.807, 2.05) is 0 Å². The third-order valence-electron chi connectivity index (χ3n) is 4.80. The van der Waals surface area contributed by atoms with E-state index in [2.05, 4.69) is 85.4 Å². The van der Waals surface area contributed by atoms with Crippen molar-refractivity contribution in [3.05, 3.63) is 74.2 Å². The Kier molecular flexibility index (Phi) is 5.34. The molecule has 2 rings (SSSR count). The Labute approximate surface area is 154 Å². The van der Waals surface area contributed by atoms with Gasteiger partial charge in [0.1, 0.15) is 8.07 Å². The molecular formula is C23H32OSi. The molecule has 0 aliphatic heterocycles. The van der Waals surface area contributed by atoms with Crippen molar-refractivity contribution in [3.63, 3.8) is 0 Å². The lowest BCUT2D eigenvalue weighted by Crippen LogP contribution is -2.26. The van der Waals surface area contributed by atoms with Crippen molar-refractivity contribution >= 4 is 13.6 Å². The maximum atomic E-state index is 11.3. The molecule has 0 atom stereocenters. The van der Waals surface area contributed by atoms with Gasteiger partial charge < -0.3 is 5.11 Å². The number of aliphatic hydroxyl groups excluding tert-OH is 1. The lowest BCUT2D eigenvalue weighted by Gasteiger charge is -2.26. The molecule has 0 bridgehead atoms. The van der Waals surface area contributed by atoms with Crippen LogP contribution in [0.15, 0.2) is 29.6 Å². The smallest absolute Gasteiger partial charge is 0.123 e. The molecule has 1 N–H and O–H groups in total. The van der Waals surface area contributed by atoms with E-state index < -0.39 is 8.07 Å². The van der Waals surface area contributed by atoms with Gasteiger partial charge in [0.25, 0.3) is 0 Å². The maximum Gasteiger partial charge on any atom is 0.123 e. The third-order valence-corrected chi connectivity index (χ3v) is 6.47. The molecule has 0 aliphatic carbocycles. The van der Waals surface area contributed by atoms with Crippen molar-refractivity contribution in [3.8, 4) is 0 Å². The van der Waals surface area contributed by atoms with Crippen LogP contribution in [0.3, 0.4) is 0 Å². The van der Waals surface area contributed by atoms with Crippen LogP contribution in [0.2, 0.25) is 19.6 Å². The molecule has 0 unspecified atom stereocenters. The molecule has 0 fully saturated rings. The molecule has 134 valence electrons. The van der Waals surface area contributed by atoms with Crippen molar-refractivity contribution in [2.24, 2.45) is 0 Å². The average molecular weight is 353 g/mol. The fraction of sp³-hybridized carbons (Fsp3) is 0.391. The second-order valence-corrected chi connectivity index (χ2v) is 13.5. The van der Waals surface area contributed by atoms with Crippen molar-refractivity contribution < 1.29 is 5.11 Å². The lowest BCUT2D eigenvalue weighted by molar-refractivity contribution is 0.447. The molecule has 0 aromatic heterocycles.